The van der Waals surface area contributed by atoms with E-state index >= 15 is 0 Å². The Morgan fingerprint density at radius 3 is 2.88 bits per heavy atom. The van der Waals surface area contributed by atoms with E-state index in [1.165, 1.54) is 6.20 Å². The maximum atomic E-state index is 10.6. The molecule has 1 heterocycles. The number of aromatic nitrogens is 1. The first-order valence-electron chi connectivity index (χ1n) is 5.16. The van der Waals surface area contributed by atoms with Crippen LogP contribution >= 0.6 is 11.3 Å². The van der Waals surface area contributed by atoms with E-state index in [4.69, 9.17) is 5.11 Å². The van der Waals surface area contributed by atoms with Gasteiger partial charge in [0.2, 0.25) is 0 Å². The van der Waals surface area contributed by atoms with E-state index in [1.807, 2.05) is 4.90 Å². The van der Waals surface area contributed by atoms with Crippen LogP contribution in [-0.2, 0) is 4.79 Å². The van der Waals surface area contributed by atoms with Gasteiger partial charge in [0.25, 0.3) is 0 Å². The van der Waals surface area contributed by atoms with Gasteiger partial charge < -0.3 is 10.0 Å². The fourth-order valence-electron chi connectivity index (χ4n) is 1.51. The van der Waals surface area contributed by atoms with Gasteiger partial charge in [0, 0.05) is 12.6 Å². The molecule has 0 spiro atoms. The maximum Gasteiger partial charge on any atom is 0.345 e. The van der Waals surface area contributed by atoms with Crippen LogP contribution in [0.4, 0.5) is 10.1 Å². The van der Waals surface area contributed by atoms with E-state index in [-0.39, 0.29) is 11.4 Å². The highest BCUT2D eigenvalue weighted by atomic mass is 32.1. The Bertz CT molecular complexity index is 443. The van der Waals surface area contributed by atoms with Gasteiger partial charge in [0.05, 0.1) is 11.3 Å². The predicted octanol–water partition coefficient (Wildman–Crippen LogP) is 1.49. The molecule has 0 atom stereocenters. The van der Waals surface area contributed by atoms with Gasteiger partial charge in [-0.2, -0.15) is 0 Å². The zero-order valence-corrected chi connectivity index (χ0v) is 9.72. The van der Waals surface area contributed by atoms with Gasteiger partial charge in [-0.15, -0.1) is 0 Å². The minimum atomic E-state index is -0.873. The molecule has 1 saturated carbocycles. The van der Waals surface area contributed by atoms with Crippen molar-refractivity contribution in [2.75, 3.05) is 11.4 Å². The molecule has 2 rings (SSSR count). The molecule has 7 nitrogen and oxygen atoms in total. The van der Waals surface area contributed by atoms with Gasteiger partial charge in [-0.3, -0.25) is 14.9 Å². The van der Waals surface area contributed by atoms with Crippen molar-refractivity contribution in [1.29, 1.82) is 0 Å². The molecule has 0 radical (unpaired) electrons. The molecule has 0 unspecified atom stereocenters. The highest BCUT2D eigenvalue weighted by Crippen LogP contribution is 2.36. The lowest BCUT2D eigenvalue weighted by Gasteiger charge is -2.19. The van der Waals surface area contributed by atoms with E-state index in [2.05, 4.69) is 4.98 Å². The number of carboxylic acid groups (broad SMARTS) is 1. The third-order valence-electron chi connectivity index (χ3n) is 2.46. The number of carbonyl (C=O) groups is 1. The van der Waals surface area contributed by atoms with E-state index in [9.17, 15) is 14.9 Å². The number of nitro groups is 1. The molecule has 1 fully saturated rings. The summed E-state index contributed by atoms with van der Waals surface area (Å²) in [6.45, 7) is 0.352. The molecule has 1 aromatic rings. The molecule has 1 aliphatic carbocycles. The molecule has 1 N–H and O–H groups in total. The zero-order chi connectivity index (χ0) is 12.4. The standard InChI is InChI=1S/C9H11N3O4S/c13-8(14)3-4-11(6-1-2-6)9-10-5-7(17-9)12(15)16/h5-6H,1-4H2,(H,13,14). The second-order valence-corrected chi connectivity index (χ2v) is 4.79. The Balaban J connectivity index is 2.08. The average molecular weight is 257 g/mol. The summed E-state index contributed by atoms with van der Waals surface area (Å²) in [5, 5.41) is 19.7. The van der Waals surface area contributed by atoms with Crippen LogP contribution < -0.4 is 4.90 Å². The van der Waals surface area contributed by atoms with Crippen molar-refractivity contribution in [3.63, 3.8) is 0 Å². The number of hydrogen-bond donors (Lipinski definition) is 1. The van der Waals surface area contributed by atoms with Crippen molar-refractivity contribution in [1.82, 2.24) is 4.98 Å². The second kappa shape index (κ2) is 4.66. The molecule has 17 heavy (non-hydrogen) atoms. The highest BCUT2D eigenvalue weighted by Gasteiger charge is 2.32. The number of anilines is 1. The van der Waals surface area contributed by atoms with Crippen LogP contribution in [0.2, 0.25) is 0 Å². The number of hydrogen-bond acceptors (Lipinski definition) is 6. The second-order valence-electron chi connectivity index (χ2n) is 3.81. The Morgan fingerprint density at radius 1 is 1.71 bits per heavy atom. The average Bonchev–Trinajstić information content (AvgIpc) is 2.95. The monoisotopic (exact) mass is 257 g/mol. The summed E-state index contributed by atoms with van der Waals surface area (Å²) in [6, 6.07) is 0.292. The third-order valence-corrected chi connectivity index (χ3v) is 3.45. The van der Waals surface area contributed by atoms with Crippen molar-refractivity contribution in [3.8, 4) is 0 Å². The van der Waals surface area contributed by atoms with Crippen LogP contribution in [0.15, 0.2) is 6.20 Å². The Morgan fingerprint density at radius 2 is 2.41 bits per heavy atom. The van der Waals surface area contributed by atoms with Crippen molar-refractivity contribution in [2.45, 2.75) is 25.3 Å². The molecule has 0 amide bonds. The fraction of sp³-hybridized carbons (Fsp3) is 0.556. The molecular weight excluding hydrogens is 246 g/mol. The lowest BCUT2D eigenvalue weighted by atomic mass is 10.4. The van der Waals surface area contributed by atoms with Crippen LogP contribution in [0.25, 0.3) is 0 Å². The van der Waals surface area contributed by atoms with Gasteiger partial charge in [-0.05, 0) is 24.2 Å². The van der Waals surface area contributed by atoms with Gasteiger partial charge in [0.1, 0.15) is 6.20 Å². The summed E-state index contributed by atoms with van der Waals surface area (Å²) in [4.78, 5) is 26.4. The number of thiazole rings is 1. The van der Waals surface area contributed by atoms with E-state index in [1.54, 1.807) is 0 Å². The SMILES string of the molecule is O=C(O)CCN(c1ncc([N+](=O)[O-])s1)C1CC1. The molecule has 1 aromatic heterocycles. The Kier molecular flexibility index (Phi) is 3.23. The number of nitrogens with zero attached hydrogens (tertiary/aromatic N) is 3. The first kappa shape index (κ1) is 11.8. The van der Waals surface area contributed by atoms with Crippen molar-refractivity contribution >= 4 is 27.4 Å². The molecular formula is C9H11N3O4S. The van der Waals surface area contributed by atoms with Crippen LogP contribution in [0, 0.1) is 10.1 Å². The van der Waals surface area contributed by atoms with Crippen molar-refractivity contribution in [2.24, 2.45) is 0 Å². The van der Waals surface area contributed by atoms with E-state index in [0.717, 1.165) is 24.2 Å². The number of aliphatic carboxylic acids is 1. The number of rotatable bonds is 6. The van der Waals surface area contributed by atoms with Gasteiger partial charge in [-0.1, -0.05) is 0 Å². The quantitative estimate of drug-likeness (QED) is 0.612. The topological polar surface area (TPSA) is 96.6 Å². The van der Waals surface area contributed by atoms with Gasteiger partial charge in [0.15, 0.2) is 5.13 Å². The first-order valence-corrected chi connectivity index (χ1v) is 5.98. The zero-order valence-electron chi connectivity index (χ0n) is 8.90. The molecule has 0 bridgehead atoms. The summed E-state index contributed by atoms with van der Waals surface area (Å²) >= 11 is 0.992. The van der Waals surface area contributed by atoms with Crippen molar-refractivity contribution in [3.05, 3.63) is 16.3 Å². The van der Waals surface area contributed by atoms with Gasteiger partial charge >= 0.3 is 11.0 Å². The normalized spacial score (nSPS) is 14.6. The fourth-order valence-corrected chi connectivity index (χ4v) is 2.34. The minimum Gasteiger partial charge on any atom is -0.481 e. The molecule has 92 valence electrons. The highest BCUT2D eigenvalue weighted by molar-refractivity contribution is 7.18. The van der Waals surface area contributed by atoms with Crippen LogP contribution in [-0.4, -0.2) is 33.6 Å². The lowest BCUT2D eigenvalue weighted by Crippen LogP contribution is -2.28. The van der Waals surface area contributed by atoms with E-state index in [0.29, 0.717) is 17.7 Å². The third kappa shape index (κ3) is 2.90. The Labute approximate surface area is 101 Å². The van der Waals surface area contributed by atoms with Crippen LogP contribution in [0.5, 0.6) is 0 Å². The van der Waals surface area contributed by atoms with Gasteiger partial charge in [-0.25, -0.2) is 4.98 Å². The minimum absolute atomic E-state index is 0.0130. The smallest absolute Gasteiger partial charge is 0.345 e. The van der Waals surface area contributed by atoms with Crippen LogP contribution in [0.3, 0.4) is 0 Å². The van der Waals surface area contributed by atoms with E-state index < -0.39 is 10.9 Å². The predicted molar refractivity (Wildman–Crippen MR) is 61.4 cm³/mol. The maximum absolute atomic E-state index is 10.6. The molecule has 0 aromatic carbocycles. The van der Waals surface area contributed by atoms with Crippen molar-refractivity contribution < 1.29 is 14.8 Å². The summed E-state index contributed by atoms with van der Waals surface area (Å²) in [5.41, 5.74) is 0. The number of carboxylic acids is 1. The summed E-state index contributed by atoms with van der Waals surface area (Å²) < 4.78 is 0. The molecule has 8 heteroatoms. The lowest BCUT2D eigenvalue weighted by molar-refractivity contribution is -0.380. The largest absolute Gasteiger partial charge is 0.481 e. The molecule has 0 saturated heterocycles. The first-order chi connectivity index (χ1) is 8.08. The summed E-state index contributed by atoms with van der Waals surface area (Å²) in [5.74, 6) is -0.873. The van der Waals surface area contributed by atoms with Crippen LogP contribution in [0.1, 0.15) is 19.3 Å². The molecule has 0 aliphatic heterocycles. The molecule has 1 aliphatic rings. The summed E-state index contributed by atoms with van der Waals surface area (Å²) in [7, 11) is 0. The summed E-state index contributed by atoms with van der Waals surface area (Å²) in [6.07, 6.45) is 3.22. The Hall–Kier alpha value is -1.70.